The smallest absolute Gasteiger partial charge is 0.183 e. The highest BCUT2D eigenvalue weighted by Gasteiger charge is 2.04. The molecule has 3 rings (SSSR count). The van der Waals surface area contributed by atoms with Crippen molar-refractivity contribution in [3.63, 3.8) is 0 Å². The third-order valence-corrected chi connectivity index (χ3v) is 4.54. The maximum absolute atomic E-state index is 5.87. The molecule has 0 aliphatic rings. The number of thiazole rings is 1. The Morgan fingerprint density at radius 2 is 1.86 bits per heavy atom. The Morgan fingerprint density at radius 1 is 1.05 bits per heavy atom. The molecular formula is C17H16ClN3S. The number of aromatic nitrogens is 2. The summed E-state index contributed by atoms with van der Waals surface area (Å²) in [7, 11) is 0. The normalized spacial score (nSPS) is 10.6. The Labute approximate surface area is 139 Å². The number of anilines is 1. The molecule has 2 aromatic heterocycles. The van der Waals surface area contributed by atoms with E-state index < -0.39 is 0 Å². The van der Waals surface area contributed by atoms with Crippen LogP contribution in [0.3, 0.4) is 0 Å². The number of hydrogen-bond acceptors (Lipinski definition) is 4. The molecule has 0 aliphatic heterocycles. The lowest BCUT2D eigenvalue weighted by Gasteiger charge is -2.11. The summed E-state index contributed by atoms with van der Waals surface area (Å²) in [6, 6.07) is 12.5. The van der Waals surface area contributed by atoms with Crippen molar-refractivity contribution >= 4 is 28.6 Å². The fourth-order valence-electron chi connectivity index (χ4n) is 2.29. The first-order valence-electron chi connectivity index (χ1n) is 7.12. The van der Waals surface area contributed by atoms with Crippen LogP contribution in [0.25, 0.3) is 0 Å². The molecule has 0 amide bonds. The van der Waals surface area contributed by atoms with Crippen molar-refractivity contribution in [2.24, 2.45) is 0 Å². The van der Waals surface area contributed by atoms with Crippen LogP contribution in [0.4, 0.5) is 5.69 Å². The molecule has 0 spiro atoms. The first kappa shape index (κ1) is 15.0. The predicted octanol–water partition coefficient (Wildman–Crippen LogP) is 4.59. The number of hydrogen-bond donors (Lipinski definition) is 1. The van der Waals surface area contributed by atoms with Gasteiger partial charge in [0.1, 0.15) is 0 Å². The molecule has 0 aliphatic carbocycles. The van der Waals surface area contributed by atoms with Crippen molar-refractivity contribution in [2.75, 3.05) is 5.32 Å². The molecule has 0 unspecified atom stereocenters. The minimum Gasteiger partial charge on any atom is -0.380 e. The van der Waals surface area contributed by atoms with Crippen LogP contribution in [0, 0.1) is 0 Å². The summed E-state index contributed by atoms with van der Waals surface area (Å²) in [5, 5.41) is 3.48. The Morgan fingerprint density at radius 3 is 2.64 bits per heavy atom. The van der Waals surface area contributed by atoms with Crippen LogP contribution in [0.1, 0.15) is 16.0 Å². The quantitative estimate of drug-likeness (QED) is 0.718. The monoisotopic (exact) mass is 329 g/mol. The largest absolute Gasteiger partial charge is 0.380 e. The number of benzene rings is 1. The average Bonchev–Trinajstić information content (AvgIpc) is 2.98. The lowest BCUT2D eigenvalue weighted by molar-refractivity contribution is 0.952. The first-order valence-corrected chi connectivity index (χ1v) is 8.31. The van der Waals surface area contributed by atoms with Crippen molar-refractivity contribution in [3.05, 3.63) is 75.5 Å². The second-order valence-electron chi connectivity index (χ2n) is 4.95. The summed E-state index contributed by atoms with van der Waals surface area (Å²) < 4.78 is 0.586. The van der Waals surface area contributed by atoms with Crippen LogP contribution in [0.15, 0.2) is 55.0 Å². The maximum Gasteiger partial charge on any atom is 0.183 e. The first-order chi connectivity index (χ1) is 10.8. The molecule has 0 saturated heterocycles. The number of aryl methyl sites for hydroxylation is 2. The van der Waals surface area contributed by atoms with E-state index in [-0.39, 0.29) is 0 Å². The number of para-hydroxylation sites is 1. The molecular weight excluding hydrogens is 314 g/mol. The van der Waals surface area contributed by atoms with Gasteiger partial charge in [-0.1, -0.05) is 29.8 Å². The van der Waals surface area contributed by atoms with Gasteiger partial charge in [0.05, 0.1) is 6.54 Å². The van der Waals surface area contributed by atoms with Crippen molar-refractivity contribution < 1.29 is 0 Å². The summed E-state index contributed by atoms with van der Waals surface area (Å²) in [4.78, 5) is 9.25. The zero-order valence-electron chi connectivity index (χ0n) is 12.0. The molecule has 3 aromatic rings. The number of pyridine rings is 1. The minimum atomic E-state index is 0.586. The van der Waals surface area contributed by atoms with Crippen molar-refractivity contribution in [1.29, 1.82) is 0 Å². The van der Waals surface area contributed by atoms with E-state index in [1.165, 1.54) is 28.2 Å². The van der Waals surface area contributed by atoms with Gasteiger partial charge in [0.15, 0.2) is 4.47 Å². The van der Waals surface area contributed by atoms with Crippen LogP contribution in [-0.4, -0.2) is 9.97 Å². The molecule has 0 atom stereocenters. The van der Waals surface area contributed by atoms with Gasteiger partial charge in [-0.05, 0) is 42.2 Å². The lowest BCUT2D eigenvalue weighted by atomic mass is 10.0. The summed E-state index contributed by atoms with van der Waals surface area (Å²) in [6.45, 7) is 0.747. The van der Waals surface area contributed by atoms with Gasteiger partial charge in [0.2, 0.25) is 0 Å². The molecule has 3 nitrogen and oxygen atoms in total. The number of nitrogens with one attached hydrogen (secondary N) is 1. The Kier molecular flexibility index (Phi) is 5.03. The summed E-state index contributed by atoms with van der Waals surface area (Å²) in [5.74, 6) is 0. The molecule has 1 aromatic carbocycles. The Hall–Kier alpha value is -1.91. The van der Waals surface area contributed by atoms with Crippen LogP contribution in [0.5, 0.6) is 0 Å². The van der Waals surface area contributed by atoms with E-state index in [2.05, 4.69) is 51.7 Å². The standard InChI is InChI=1S/C17H16ClN3S/c18-17-21-12-15(22-17)11-20-16-4-2-1-3-14(16)6-5-13-7-9-19-10-8-13/h1-4,7-10,12,20H,5-6,11H2. The highest BCUT2D eigenvalue weighted by Crippen LogP contribution is 2.21. The molecule has 0 saturated carbocycles. The molecule has 112 valence electrons. The molecule has 5 heteroatoms. The molecule has 1 N–H and O–H groups in total. The van der Waals surface area contributed by atoms with E-state index >= 15 is 0 Å². The van der Waals surface area contributed by atoms with Crippen LogP contribution < -0.4 is 5.32 Å². The zero-order valence-corrected chi connectivity index (χ0v) is 13.6. The topological polar surface area (TPSA) is 37.8 Å². The van der Waals surface area contributed by atoms with E-state index in [4.69, 9.17) is 11.6 Å². The van der Waals surface area contributed by atoms with Crippen LogP contribution in [-0.2, 0) is 19.4 Å². The van der Waals surface area contributed by atoms with Gasteiger partial charge >= 0.3 is 0 Å². The zero-order chi connectivity index (χ0) is 15.2. The van der Waals surface area contributed by atoms with Gasteiger partial charge in [0.25, 0.3) is 0 Å². The number of halogens is 1. The summed E-state index contributed by atoms with van der Waals surface area (Å²) in [5.41, 5.74) is 3.79. The SMILES string of the molecule is Clc1ncc(CNc2ccccc2CCc2ccncc2)s1. The summed E-state index contributed by atoms with van der Waals surface area (Å²) >= 11 is 7.37. The number of nitrogens with zero attached hydrogens (tertiary/aromatic N) is 2. The second-order valence-corrected chi connectivity index (χ2v) is 6.64. The van der Waals surface area contributed by atoms with Crippen molar-refractivity contribution in [2.45, 2.75) is 19.4 Å². The van der Waals surface area contributed by atoms with Crippen molar-refractivity contribution in [1.82, 2.24) is 9.97 Å². The van der Waals surface area contributed by atoms with Gasteiger partial charge in [-0.2, -0.15) is 0 Å². The van der Waals surface area contributed by atoms with E-state index in [0.29, 0.717) is 4.47 Å². The molecule has 0 radical (unpaired) electrons. The third kappa shape index (κ3) is 4.06. The van der Waals surface area contributed by atoms with Gasteiger partial charge in [-0.15, -0.1) is 11.3 Å². The highest BCUT2D eigenvalue weighted by molar-refractivity contribution is 7.15. The summed E-state index contributed by atoms with van der Waals surface area (Å²) in [6.07, 6.45) is 7.50. The van der Waals surface area contributed by atoms with Gasteiger partial charge in [-0.3, -0.25) is 4.98 Å². The van der Waals surface area contributed by atoms with Crippen LogP contribution >= 0.6 is 22.9 Å². The fourth-order valence-corrected chi connectivity index (χ4v) is 3.20. The average molecular weight is 330 g/mol. The molecule has 0 bridgehead atoms. The van der Waals surface area contributed by atoms with Gasteiger partial charge < -0.3 is 5.32 Å². The van der Waals surface area contributed by atoms with Crippen LogP contribution in [0.2, 0.25) is 4.47 Å². The highest BCUT2D eigenvalue weighted by atomic mass is 35.5. The van der Waals surface area contributed by atoms with E-state index in [9.17, 15) is 0 Å². The second kappa shape index (κ2) is 7.38. The Bertz CT molecular complexity index is 728. The predicted molar refractivity (Wildman–Crippen MR) is 92.5 cm³/mol. The van der Waals surface area contributed by atoms with E-state index in [0.717, 1.165) is 24.3 Å². The molecule has 22 heavy (non-hydrogen) atoms. The van der Waals surface area contributed by atoms with Crippen molar-refractivity contribution in [3.8, 4) is 0 Å². The van der Waals surface area contributed by atoms with Gasteiger partial charge in [0, 0.05) is 29.2 Å². The minimum absolute atomic E-state index is 0.586. The molecule has 2 heterocycles. The van der Waals surface area contributed by atoms with E-state index in [1.54, 1.807) is 0 Å². The maximum atomic E-state index is 5.87. The lowest BCUT2D eigenvalue weighted by Crippen LogP contribution is -2.02. The molecule has 0 fully saturated rings. The Balaban J connectivity index is 1.64. The van der Waals surface area contributed by atoms with Gasteiger partial charge in [-0.25, -0.2) is 4.98 Å². The fraction of sp³-hybridized carbons (Fsp3) is 0.176. The van der Waals surface area contributed by atoms with E-state index in [1.807, 2.05) is 18.6 Å². The third-order valence-electron chi connectivity index (χ3n) is 3.43. The number of rotatable bonds is 6.